The molecule has 0 amide bonds. The van der Waals surface area contributed by atoms with E-state index >= 15 is 0 Å². The highest BCUT2D eigenvalue weighted by Gasteiger charge is 2.70. The van der Waals surface area contributed by atoms with Crippen molar-refractivity contribution in [2.75, 3.05) is 0 Å². The van der Waals surface area contributed by atoms with Gasteiger partial charge in [0.15, 0.2) is 5.60 Å². The Labute approximate surface area is 121 Å². The normalized spacial score (nSPS) is 28.2. The maximum absolute atomic E-state index is 10.4. The third kappa shape index (κ3) is 1.49. The van der Waals surface area contributed by atoms with E-state index in [1.54, 1.807) is 6.07 Å². The second kappa shape index (κ2) is 3.53. The molecule has 21 heavy (non-hydrogen) atoms. The fourth-order valence-corrected chi connectivity index (χ4v) is 3.01. The molecule has 0 saturated carbocycles. The van der Waals surface area contributed by atoms with Gasteiger partial charge in [-0.1, -0.05) is 0 Å². The van der Waals surface area contributed by atoms with Gasteiger partial charge in [0, 0.05) is 10.9 Å². The highest BCUT2D eigenvalue weighted by molar-refractivity contribution is 5.85. The lowest BCUT2D eigenvalue weighted by Gasteiger charge is -2.34. The molecule has 1 aromatic carbocycles. The van der Waals surface area contributed by atoms with E-state index in [2.05, 4.69) is 11.1 Å². The maximum Gasteiger partial charge on any atom is 0.238 e. The summed E-state index contributed by atoms with van der Waals surface area (Å²) in [5.74, 6) is -0.579. The molecule has 0 aliphatic carbocycles. The van der Waals surface area contributed by atoms with Crippen molar-refractivity contribution in [1.29, 1.82) is 5.26 Å². The standard InChI is InChI=1S/C16H14N2O3/c1-8-4-9(7-17)18-12-5-11-13(6-10(8)12)20-15(2,3)16(19)14(11)21-16/h4-6,14,19H,1-3H3/t14-,16-/m1/s1. The van der Waals surface area contributed by atoms with Crippen LogP contribution in [0.25, 0.3) is 10.9 Å². The second-order valence-electron chi connectivity index (χ2n) is 6.15. The van der Waals surface area contributed by atoms with Gasteiger partial charge in [-0.15, -0.1) is 0 Å². The van der Waals surface area contributed by atoms with E-state index in [0.29, 0.717) is 17.0 Å². The van der Waals surface area contributed by atoms with E-state index in [4.69, 9.17) is 14.7 Å². The molecule has 2 aromatic rings. The first-order valence-electron chi connectivity index (χ1n) is 6.80. The Morgan fingerprint density at radius 1 is 1.33 bits per heavy atom. The molecule has 5 nitrogen and oxygen atoms in total. The molecule has 1 saturated heterocycles. The molecular weight excluding hydrogens is 268 g/mol. The van der Waals surface area contributed by atoms with Gasteiger partial charge in [-0.25, -0.2) is 4.98 Å². The average Bonchev–Trinajstić information content (AvgIpc) is 3.12. The maximum atomic E-state index is 10.4. The summed E-state index contributed by atoms with van der Waals surface area (Å²) in [5, 5.41) is 20.4. The summed E-state index contributed by atoms with van der Waals surface area (Å²) in [6, 6.07) is 7.57. The minimum absolute atomic E-state index is 0.379. The Morgan fingerprint density at radius 2 is 2.10 bits per heavy atom. The Hall–Kier alpha value is -2.16. The first-order chi connectivity index (χ1) is 9.85. The number of fused-ring (bicyclic) bond motifs is 4. The van der Waals surface area contributed by atoms with Crippen molar-refractivity contribution >= 4 is 10.9 Å². The molecule has 0 radical (unpaired) electrons. The number of nitriles is 1. The van der Waals surface area contributed by atoms with Gasteiger partial charge in [0.2, 0.25) is 5.79 Å². The molecule has 1 fully saturated rings. The van der Waals surface area contributed by atoms with E-state index in [-0.39, 0.29) is 0 Å². The molecule has 3 heterocycles. The molecule has 0 bridgehead atoms. The van der Waals surface area contributed by atoms with Crippen LogP contribution in [0, 0.1) is 18.3 Å². The number of hydrogen-bond donors (Lipinski definition) is 1. The smallest absolute Gasteiger partial charge is 0.238 e. The summed E-state index contributed by atoms with van der Waals surface area (Å²) in [4.78, 5) is 4.32. The monoisotopic (exact) mass is 282 g/mol. The summed E-state index contributed by atoms with van der Waals surface area (Å²) >= 11 is 0. The van der Waals surface area contributed by atoms with Crippen LogP contribution in [0.4, 0.5) is 0 Å². The molecule has 2 aliphatic rings. The third-order valence-electron chi connectivity index (χ3n) is 4.37. The van der Waals surface area contributed by atoms with Gasteiger partial charge in [0.25, 0.3) is 0 Å². The zero-order valence-corrected chi connectivity index (χ0v) is 12.0. The Morgan fingerprint density at radius 3 is 2.81 bits per heavy atom. The predicted octanol–water partition coefficient (Wildman–Crippen LogP) is 2.35. The molecule has 106 valence electrons. The minimum Gasteiger partial charge on any atom is -0.482 e. The number of pyridine rings is 1. The molecule has 2 aliphatic heterocycles. The van der Waals surface area contributed by atoms with E-state index in [0.717, 1.165) is 16.5 Å². The van der Waals surface area contributed by atoms with Crippen LogP contribution in [-0.4, -0.2) is 21.5 Å². The fraction of sp³-hybridized carbons (Fsp3) is 0.375. The number of aromatic nitrogens is 1. The van der Waals surface area contributed by atoms with Crippen molar-refractivity contribution in [2.24, 2.45) is 0 Å². The van der Waals surface area contributed by atoms with Gasteiger partial charge >= 0.3 is 0 Å². The van der Waals surface area contributed by atoms with Gasteiger partial charge in [-0.3, -0.25) is 0 Å². The van der Waals surface area contributed by atoms with E-state index in [1.165, 1.54) is 0 Å². The lowest BCUT2D eigenvalue weighted by Crippen LogP contribution is -2.47. The van der Waals surface area contributed by atoms with Crippen LogP contribution < -0.4 is 4.74 Å². The number of epoxide rings is 1. The number of aliphatic hydroxyl groups is 1. The molecular formula is C16H14N2O3. The topological polar surface area (TPSA) is 78.7 Å². The molecule has 1 N–H and O–H groups in total. The Balaban J connectivity index is 1.98. The molecule has 0 spiro atoms. The van der Waals surface area contributed by atoms with Gasteiger partial charge < -0.3 is 14.6 Å². The summed E-state index contributed by atoms with van der Waals surface area (Å²) < 4.78 is 11.4. The van der Waals surface area contributed by atoms with E-state index in [9.17, 15) is 5.11 Å². The van der Waals surface area contributed by atoms with Crippen LogP contribution >= 0.6 is 0 Å². The van der Waals surface area contributed by atoms with Gasteiger partial charge in [-0.05, 0) is 44.5 Å². The lowest BCUT2D eigenvalue weighted by molar-refractivity contribution is -0.113. The molecule has 5 heteroatoms. The highest BCUT2D eigenvalue weighted by Crippen LogP contribution is 2.61. The van der Waals surface area contributed by atoms with E-state index in [1.807, 2.05) is 32.9 Å². The third-order valence-corrected chi connectivity index (χ3v) is 4.37. The number of rotatable bonds is 0. The zero-order chi connectivity index (χ0) is 15.0. The minimum atomic E-state index is -1.28. The average molecular weight is 282 g/mol. The number of nitrogens with zero attached hydrogens (tertiary/aromatic N) is 2. The molecule has 1 aromatic heterocycles. The fourth-order valence-electron chi connectivity index (χ4n) is 3.01. The summed E-state index contributed by atoms with van der Waals surface area (Å²) in [6.07, 6.45) is -0.395. The first-order valence-corrected chi connectivity index (χ1v) is 6.80. The molecule has 4 rings (SSSR count). The van der Waals surface area contributed by atoms with Crippen molar-refractivity contribution < 1.29 is 14.6 Å². The van der Waals surface area contributed by atoms with Crippen molar-refractivity contribution in [1.82, 2.24) is 4.98 Å². The van der Waals surface area contributed by atoms with Crippen LogP contribution in [-0.2, 0) is 4.74 Å². The SMILES string of the molecule is Cc1cc(C#N)nc2cc3c(cc12)OC(C)(C)[C@]1(O)O[C@H]31. The quantitative estimate of drug-likeness (QED) is 0.750. The second-order valence-corrected chi connectivity index (χ2v) is 6.15. The van der Waals surface area contributed by atoms with Crippen LogP contribution in [0.15, 0.2) is 18.2 Å². The molecule has 0 unspecified atom stereocenters. The van der Waals surface area contributed by atoms with Gasteiger partial charge in [-0.2, -0.15) is 5.26 Å². The number of hydrogen-bond acceptors (Lipinski definition) is 5. The molecule has 2 atom stereocenters. The van der Waals surface area contributed by atoms with Crippen molar-refractivity contribution in [3.05, 3.63) is 35.0 Å². The predicted molar refractivity (Wildman–Crippen MR) is 74.7 cm³/mol. The number of aryl methyl sites for hydroxylation is 1. The number of benzene rings is 1. The first kappa shape index (κ1) is 12.6. The van der Waals surface area contributed by atoms with Crippen molar-refractivity contribution in [3.8, 4) is 11.8 Å². The lowest BCUT2D eigenvalue weighted by atomic mass is 9.90. The van der Waals surface area contributed by atoms with Crippen LogP contribution in [0.2, 0.25) is 0 Å². The van der Waals surface area contributed by atoms with Crippen LogP contribution in [0.5, 0.6) is 5.75 Å². The zero-order valence-electron chi connectivity index (χ0n) is 12.0. The van der Waals surface area contributed by atoms with Crippen LogP contribution in [0.3, 0.4) is 0 Å². The summed E-state index contributed by atoms with van der Waals surface area (Å²) in [5.41, 5.74) is 2.05. The van der Waals surface area contributed by atoms with E-state index < -0.39 is 17.5 Å². The Bertz CT molecular complexity index is 838. The largest absolute Gasteiger partial charge is 0.482 e. The van der Waals surface area contributed by atoms with Crippen molar-refractivity contribution in [3.63, 3.8) is 0 Å². The number of ether oxygens (including phenoxy) is 2. The van der Waals surface area contributed by atoms with Gasteiger partial charge in [0.1, 0.15) is 23.6 Å². The Kier molecular flexibility index (Phi) is 2.12. The van der Waals surface area contributed by atoms with Crippen molar-refractivity contribution in [2.45, 2.75) is 38.3 Å². The highest BCUT2D eigenvalue weighted by atomic mass is 16.8. The van der Waals surface area contributed by atoms with Crippen LogP contribution in [0.1, 0.15) is 36.8 Å². The summed E-state index contributed by atoms with van der Waals surface area (Å²) in [6.45, 7) is 5.56. The summed E-state index contributed by atoms with van der Waals surface area (Å²) in [7, 11) is 0. The van der Waals surface area contributed by atoms with Gasteiger partial charge in [0.05, 0.1) is 5.52 Å².